The standard InChI is InChI=1S/C17H20N2O4/c1-11(23-14-7-5-4-6-13(14)18)17(20)19-12-8-9-15(21-2)16(10-12)22-3/h4-11H,18H2,1-3H3,(H,19,20). The zero-order valence-electron chi connectivity index (χ0n) is 13.3. The number of rotatable bonds is 6. The molecule has 23 heavy (non-hydrogen) atoms. The van der Waals surface area contributed by atoms with Crippen LogP contribution in [0.25, 0.3) is 0 Å². The van der Waals surface area contributed by atoms with Crippen molar-refractivity contribution in [2.45, 2.75) is 13.0 Å². The Kier molecular flexibility index (Phi) is 5.30. The minimum Gasteiger partial charge on any atom is -0.493 e. The molecule has 1 unspecified atom stereocenters. The number of nitrogens with one attached hydrogen (secondary N) is 1. The maximum atomic E-state index is 12.2. The first-order valence-electron chi connectivity index (χ1n) is 7.09. The molecule has 2 aromatic rings. The molecule has 0 heterocycles. The first kappa shape index (κ1) is 16.5. The number of carbonyl (C=O) groups is 1. The fourth-order valence-electron chi connectivity index (χ4n) is 1.99. The number of nitrogen functional groups attached to an aromatic ring is 1. The van der Waals surface area contributed by atoms with Gasteiger partial charge < -0.3 is 25.3 Å². The van der Waals surface area contributed by atoms with Gasteiger partial charge in [-0.15, -0.1) is 0 Å². The summed E-state index contributed by atoms with van der Waals surface area (Å²) in [5, 5.41) is 2.77. The zero-order chi connectivity index (χ0) is 16.8. The van der Waals surface area contributed by atoms with Crippen LogP contribution < -0.4 is 25.3 Å². The van der Waals surface area contributed by atoms with E-state index in [1.807, 2.05) is 0 Å². The lowest BCUT2D eigenvalue weighted by Crippen LogP contribution is -2.30. The van der Waals surface area contributed by atoms with Crippen LogP contribution in [-0.2, 0) is 4.79 Å². The summed E-state index contributed by atoms with van der Waals surface area (Å²) in [6.07, 6.45) is -0.701. The Hall–Kier alpha value is -2.89. The summed E-state index contributed by atoms with van der Waals surface area (Å²) in [4.78, 5) is 12.2. The SMILES string of the molecule is COc1ccc(NC(=O)C(C)Oc2ccccc2N)cc1OC. The summed E-state index contributed by atoms with van der Waals surface area (Å²) in [5.41, 5.74) is 6.88. The van der Waals surface area contributed by atoms with E-state index in [-0.39, 0.29) is 5.91 Å². The molecule has 6 heteroatoms. The Balaban J connectivity index is 2.05. The van der Waals surface area contributed by atoms with E-state index in [9.17, 15) is 4.79 Å². The van der Waals surface area contributed by atoms with Crippen molar-refractivity contribution >= 4 is 17.3 Å². The lowest BCUT2D eigenvalue weighted by atomic mass is 10.2. The highest BCUT2D eigenvalue weighted by atomic mass is 16.5. The molecule has 0 fully saturated rings. The number of nitrogens with two attached hydrogens (primary N) is 1. The summed E-state index contributed by atoms with van der Waals surface area (Å²) in [6, 6.07) is 12.2. The number of carbonyl (C=O) groups excluding carboxylic acids is 1. The third kappa shape index (κ3) is 4.06. The van der Waals surface area contributed by atoms with Crippen LogP contribution >= 0.6 is 0 Å². The average molecular weight is 316 g/mol. The van der Waals surface area contributed by atoms with Gasteiger partial charge in [-0.05, 0) is 31.2 Å². The molecule has 2 aromatic carbocycles. The Morgan fingerprint density at radius 3 is 2.39 bits per heavy atom. The zero-order valence-corrected chi connectivity index (χ0v) is 13.3. The molecule has 0 aliphatic carbocycles. The minimum atomic E-state index is -0.701. The van der Waals surface area contributed by atoms with E-state index in [0.717, 1.165) is 0 Å². The average Bonchev–Trinajstić information content (AvgIpc) is 2.56. The maximum absolute atomic E-state index is 12.2. The number of para-hydroxylation sites is 2. The van der Waals surface area contributed by atoms with E-state index in [0.29, 0.717) is 28.6 Å². The summed E-state index contributed by atoms with van der Waals surface area (Å²) >= 11 is 0. The van der Waals surface area contributed by atoms with Gasteiger partial charge in [0.2, 0.25) is 0 Å². The molecule has 3 N–H and O–H groups in total. The Morgan fingerprint density at radius 2 is 1.74 bits per heavy atom. The number of amides is 1. The van der Waals surface area contributed by atoms with E-state index < -0.39 is 6.10 Å². The van der Waals surface area contributed by atoms with Crippen LogP contribution in [0.1, 0.15) is 6.92 Å². The smallest absolute Gasteiger partial charge is 0.265 e. The normalized spacial score (nSPS) is 11.4. The molecule has 0 bridgehead atoms. The van der Waals surface area contributed by atoms with Gasteiger partial charge in [-0.1, -0.05) is 12.1 Å². The highest BCUT2D eigenvalue weighted by Gasteiger charge is 2.16. The number of ether oxygens (including phenoxy) is 3. The van der Waals surface area contributed by atoms with Crippen LogP contribution in [0.3, 0.4) is 0 Å². The van der Waals surface area contributed by atoms with Crippen LogP contribution in [0.15, 0.2) is 42.5 Å². The van der Waals surface area contributed by atoms with Crippen molar-refractivity contribution in [2.75, 3.05) is 25.3 Å². The third-order valence-corrected chi connectivity index (χ3v) is 3.24. The number of hydrogen-bond acceptors (Lipinski definition) is 5. The van der Waals surface area contributed by atoms with E-state index in [4.69, 9.17) is 19.9 Å². The molecule has 0 radical (unpaired) electrons. The lowest BCUT2D eigenvalue weighted by molar-refractivity contribution is -0.122. The molecule has 0 aromatic heterocycles. The van der Waals surface area contributed by atoms with Crippen LogP contribution in [-0.4, -0.2) is 26.2 Å². The predicted molar refractivity (Wildman–Crippen MR) is 89.1 cm³/mol. The molecule has 1 amide bonds. The van der Waals surface area contributed by atoms with Gasteiger partial charge in [0.15, 0.2) is 17.6 Å². The monoisotopic (exact) mass is 316 g/mol. The van der Waals surface area contributed by atoms with Crippen LogP contribution in [0, 0.1) is 0 Å². The summed E-state index contributed by atoms with van der Waals surface area (Å²) < 4.78 is 16.0. The molecule has 0 saturated carbocycles. The molecule has 0 aliphatic heterocycles. The fraction of sp³-hybridized carbons (Fsp3) is 0.235. The molecule has 0 spiro atoms. The molecule has 122 valence electrons. The lowest BCUT2D eigenvalue weighted by Gasteiger charge is -2.16. The second kappa shape index (κ2) is 7.40. The van der Waals surface area contributed by atoms with Gasteiger partial charge in [0.1, 0.15) is 5.75 Å². The summed E-state index contributed by atoms with van der Waals surface area (Å²) in [7, 11) is 3.09. The number of methoxy groups -OCH3 is 2. The molecular formula is C17H20N2O4. The van der Waals surface area contributed by atoms with Gasteiger partial charge in [0.05, 0.1) is 19.9 Å². The molecule has 2 rings (SSSR count). The fourth-order valence-corrected chi connectivity index (χ4v) is 1.99. The first-order chi connectivity index (χ1) is 11.0. The second-order valence-corrected chi connectivity index (χ2v) is 4.86. The van der Waals surface area contributed by atoms with E-state index in [1.165, 1.54) is 7.11 Å². The quantitative estimate of drug-likeness (QED) is 0.801. The highest BCUT2D eigenvalue weighted by Crippen LogP contribution is 2.30. The third-order valence-electron chi connectivity index (χ3n) is 3.24. The predicted octanol–water partition coefficient (Wildman–Crippen LogP) is 2.69. The number of benzene rings is 2. The molecule has 0 aliphatic rings. The van der Waals surface area contributed by atoms with Gasteiger partial charge in [-0.3, -0.25) is 4.79 Å². The van der Waals surface area contributed by atoms with Crippen molar-refractivity contribution in [3.8, 4) is 17.2 Å². The van der Waals surface area contributed by atoms with Crippen LogP contribution in [0.5, 0.6) is 17.2 Å². The summed E-state index contributed by atoms with van der Waals surface area (Å²) in [5.74, 6) is 1.31. The molecule has 6 nitrogen and oxygen atoms in total. The van der Waals surface area contributed by atoms with Crippen molar-refractivity contribution in [2.24, 2.45) is 0 Å². The summed E-state index contributed by atoms with van der Waals surface area (Å²) in [6.45, 7) is 1.66. The van der Waals surface area contributed by atoms with E-state index in [2.05, 4.69) is 5.32 Å². The number of hydrogen-bond donors (Lipinski definition) is 2. The van der Waals surface area contributed by atoms with Gasteiger partial charge >= 0.3 is 0 Å². The first-order valence-corrected chi connectivity index (χ1v) is 7.09. The van der Waals surface area contributed by atoms with Crippen molar-refractivity contribution < 1.29 is 19.0 Å². The molecule has 0 saturated heterocycles. The van der Waals surface area contributed by atoms with Gasteiger partial charge in [-0.25, -0.2) is 0 Å². The van der Waals surface area contributed by atoms with Gasteiger partial charge in [0.25, 0.3) is 5.91 Å². The number of anilines is 2. The van der Waals surface area contributed by atoms with Crippen molar-refractivity contribution in [3.63, 3.8) is 0 Å². The largest absolute Gasteiger partial charge is 0.493 e. The Morgan fingerprint density at radius 1 is 1.04 bits per heavy atom. The topological polar surface area (TPSA) is 82.8 Å². The second-order valence-electron chi connectivity index (χ2n) is 4.86. The van der Waals surface area contributed by atoms with Crippen molar-refractivity contribution in [1.29, 1.82) is 0 Å². The Labute approximate surface area is 135 Å². The maximum Gasteiger partial charge on any atom is 0.265 e. The Bertz CT molecular complexity index is 688. The van der Waals surface area contributed by atoms with E-state index >= 15 is 0 Å². The van der Waals surface area contributed by atoms with E-state index in [1.54, 1.807) is 56.5 Å². The highest BCUT2D eigenvalue weighted by molar-refractivity contribution is 5.94. The van der Waals surface area contributed by atoms with Crippen molar-refractivity contribution in [3.05, 3.63) is 42.5 Å². The minimum absolute atomic E-state index is 0.291. The van der Waals surface area contributed by atoms with Crippen molar-refractivity contribution in [1.82, 2.24) is 0 Å². The van der Waals surface area contributed by atoms with Gasteiger partial charge in [-0.2, -0.15) is 0 Å². The molecule has 1 atom stereocenters. The van der Waals surface area contributed by atoms with Crippen LogP contribution in [0.4, 0.5) is 11.4 Å². The molecular weight excluding hydrogens is 296 g/mol. The van der Waals surface area contributed by atoms with Crippen LogP contribution in [0.2, 0.25) is 0 Å². The van der Waals surface area contributed by atoms with Gasteiger partial charge in [0, 0.05) is 11.8 Å².